The fourth-order valence-electron chi connectivity index (χ4n) is 3.40. The van der Waals surface area contributed by atoms with E-state index in [1.807, 2.05) is 0 Å². The Balaban J connectivity index is 2.40. The van der Waals surface area contributed by atoms with Crippen LogP contribution in [-0.2, 0) is 9.84 Å². The Hall–Kier alpha value is -3.19. The van der Waals surface area contributed by atoms with Crippen LogP contribution in [0.25, 0.3) is 0 Å². The predicted octanol–water partition coefficient (Wildman–Crippen LogP) is 4.28. The van der Waals surface area contributed by atoms with Gasteiger partial charge < -0.3 is 18.9 Å². The molecular formula is C23H24O6S. The molecule has 0 N–H and O–H groups in total. The third-order valence-electron chi connectivity index (χ3n) is 4.82. The minimum absolute atomic E-state index is 0.181. The summed E-state index contributed by atoms with van der Waals surface area (Å²) in [4.78, 5) is 0.181. The third-order valence-corrected chi connectivity index (χ3v) is 6.86. The van der Waals surface area contributed by atoms with E-state index in [1.54, 1.807) is 66.7 Å². The van der Waals surface area contributed by atoms with E-state index in [0.29, 0.717) is 34.1 Å². The number of hydrogen-bond acceptors (Lipinski definition) is 6. The van der Waals surface area contributed by atoms with Crippen LogP contribution >= 0.6 is 0 Å². The van der Waals surface area contributed by atoms with Gasteiger partial charge in [0.15, 0.2) is 9.84 Å². The molecule has 1 unspecified atom stereocenters. The molecule has 0 saturated carbocycles. The van der Waals surface area contributed by atoms with Crippen LogP contribution in [0.15, 0.2) is 71.6 Å². The van der Waals surface area contributed by atoms with Gasteiger partial charge in [-0.1, -0.05) is 36.4 Å². The van der Waals surface area contributed by atoms with E-state index < -0.39 is 15.1 Å². The highest BCUT2D eigenvalue weighted by molar-refractivity contribution is 7.92. The van der Waals surface area contributed by atoms with Gasteiger partial charge in [0.05, 0.1) is 38.9 Å². The van der Waals surface area contributed by atoms with Crippen molar-refractivity contribution in [2.24, 2.45) is 0 Å². The Bertz CT molecular complexity index is 1080. The third kappa shape index (κ3) is 3.93. The maximum atomic E-state index is 13.9. The van der Waals surface area contributed by atoms with E-state index in [1.165, 1.54) is 28.4 Å². The van der Waals surface area contributed by atoms with Crippen LogP contribution in [0.3, 0.4) is 0 Å². The van der Waals surface area contributed by atoms with Crippen molar-refractivity contribution in [1.29, 1.82) is 0 Å². The van der Waals surface area contributed by atoms with E-state index in [-0.39, 0.29) is 4.90 Å². The molecule has 7 heteroatoms. The number of rotatable bonds is 8. The van der Waals surface area contributed by atoms with Gasteiger partial charge in [0.2, 0.25) is 0 Å². The summed E-state index contributed by atoms with van der Waals surface area (Å²) in [7, 11) is 2.08. The lowest BCUT2D eigenvalue weighted by molar-refractivity contribution is 0.368. The van der Waals surface area contributed by atoms with Crippen LogP contribution < -0.4 is 18.9 Å². The topological polar surface area (TPSA) is 71.1 Å². The average molecular weight is 429 g/mol. The van der Waals surface area contributed by atoms with Crippen molar-refractivity contribution < 1.29 is 27.4 Å². The molecule has 0 spiro atoms. The number of ether oxygens (including phenoxy) is 4. The van der Waals surface area contributed by atoms with Gasteiger partial charge in [0.25, 0.3) is 0 Å². The highest BCUT2D eigenvalue weighted by Crippen LogP contribution is 2.48. The molecule has 0 saturated heterocycles. The van der Waals surface area contributed by atoms with Gasteiger partial charge in [-0.3, -0.25) is 0 Å². The number of benzene rings is 3. The second-order valence-electron chi connectivity index (χ2n) is 6.43. The van der Waals surface area contributed by atoms with Crippen LogP contribution in [0.2, 0.25) is 0 Å². The van der Waals surface area contributed by atoms with Crippen LogP contribution in [-0.4, -0.2) is 36.9 Å². The molecule has 6 nitrogen and oxygen atoms in total. The number of para-hydroxylation sites is 1. The van der Waals surface area contributed by atoms with Gasteiger partial charge in [-0.05, 0) is 18.2 Å². The highest BCUT2D eigenvalue weighted by Gasteiger charge is 2.37. The van der Waals surface area contributed by atoms with Gasteiger partial charge in [-0.25, -0.2) is 8.42 Å². The lowest BCUT2D eigenvalue weighted by Gasteiger charge is -2.25. The van der Waals surface area contributed by atoms with E-state index in [0.717, 1.165) is 0 Å². The van der Waals surface area contributed by atoms with E-state index in [9.17, 15) is 8.42 Å². The average Bonchev–Trinajstić information content (AvgIpc) is 2.79. The van der Waals surface area contributed by atoms with Gasteiger partial charge in [0, 0.05) is 17.7 Å². The van der Waals surface area contributed by atoms with Crippen LogP contribution in [0.4, 0.5) is 0 Å². The smallest absolute Gasteiger partial charge is 0.189 e. The highest BCUT2D eigenvalue weighted by atomic mass is 32.2. The molecular weight excluding hydrogens is 404 g/mol. The van der Waals surface area contributed by atoms with Crippen LogP contribution in [0, 0.1) is 0 Å². The summed E-state index contributed by atoms with van der Waals surface area (Å²) in [5.41, 5.74) is 0.847. The molecule has 30 heavy (non-hydrogen) atoms. The Morgan fingerprint density at radius 3 is 1.73 bits per heavy atom. The van der Waals surface area contributed by atoms with Crippen molar-refractivity contribution >= 4 is 9.84 Å². The number of sulfone groups is 1. The van der Waals surface area contributed by atoms with Gasteiger partial charge in [-0.15, -0.1) is 0 Å². The SMILES string of the molecule is COc1cc(OC)c(C(c2ccccc2OC)S(=O)(=O)c2ccccc2)c(OC)c1. The first-order valence-electron chi connectivity index (χ1n) is 9.19. The minimum atomic E-state index is -3.91. The molecule has 0 aliphatic carbocycles. The molecule has 1 atom stereocenters. The van der Waals surface area contributed by atoms with Crippen LogP contribution in [0.1, 0.15) is 16.4 Å². The van der Waals surface area contributed by atoms with Crippen molar-refractivity contribution in [2.75, 3.05) is 28.4 Å². The normalized spacial score (nSPS) is 12.1. The van der Waals surface area contributed by atoms with E-state index >= 15 is 0 Å². The summed E-state index contributed by atoms with van der Waals surface area (Å²) >= 11 is 0. The summed E-state index contributed by atoms with van der Waals surface area (Å²) in [6.45, 7) is 0. The predicted molar refractivity (Wildman–Crippen MR) is 115 cm³/mol. The van der Waals surface area contributed by atoms with Crippen molar-refractivity contribution in [3.05, 3.63) is 77.9 Å². The number of methoxy groups -OCH3 is 4. The van der Waals surface area contributed by atoms with Crippen molar-refractivity contribution in [2.45, 2.75) is 10.1 Å². The zero-order valence-electron chi connectivity index (χ0n) is 17.3. The van der Waals surface area contributed by atoms with E-state index in [4.69, 9.17) is 18.9 Å². The Morgan fingerprint density at radius 1 is 0.667 bits per heavy atom. The van der Waals surface area contributed by atoms with Gasteiger partial charge in [-0.2, -0.15) is 0 Å². The molecule has 0 radical (unpaired) electrons. The quantitative estimate of drug-likeness (QED) is 0.533. The zero-order valence-corrected chi connectivity index (χ0v) is 18.1. The van der Waals surface area contributed by atoms with E-state index in [2.05, 4.69) is 0 Å². The van der Waals surface area contributed by atoms with Gasteiger partial charge in [0.1, 0.15) is 28.2 Å². The summed E-state index contributed by atoms with van der Waals surface area (Å²) in [6.07, 6.45) is 0. The molecule has 158 valence electrons. The molecule has 0 aromatic heterocycles. The molecule has 0 aliphatic heterocycles. The zero-order chi connectivity index (χ0) is 21.7. The first kappa shape index (κ1) is 21.5. The fourth-order valence-corrected chi connectivity index (χ4v) is 5.28. The monoisotopic (exact) mass is 428 g/mol. The lowest BCUT2D eigenvalue weighted by Crippen LogP contribution is -2.18. The second-order valence-corrected chi connectivity index (χ2v) is 8.46. The summed E-state index contributed by atoms with van der Waals surface area (Å²) in [5.74, 6) is 1.61. The molecule has 0 bridgehead atoms. The first-order valence-corrected chi connectivity index (χ1v) is 10.7. The van der Waals surface area contributed by atoms with Crippen molar-refractivity contribution in [1.82, 2.24) is 0 Å². The second kappa shape index (κ2) is 9.09. The molecule has 0 fully saturated rings. The molecule has 0 aliphatic rings. The lowest BCUT2D eigenvalue weighted by atomic mass is 10.0. The largest absolute Gasteiger partial charge is 0.496 e. The number of hydrogen-bond donors (Lipinski definition) is 0. The van der Waals surface area contributed by atoms with Crippen molar-refractivity contribution in [3.8, 4) is 23.0 Å². The maximum Gasteiger partial charge on any atom is 0.189 e. The minimum Gasteiger partial charge on any atom is -0.496 e. The standard InChI is InChI=1S/C23H24O6S/c1-26-16-14-20(28-3)22(21(15-16)29-4)23(18-12-8-9-13-19(18)27-2)30(24,25)17-10-6-5-7-11-17/h5-15,23H,1-4H3. The van der Waals surface area contributed by atoms with Crippen LogP contribution in [0.5, 0.6) is 23.0 Å². The molecule has 3 aromatic rings. The first-order chi connectivity index (χ1) is 14.5. The van der Waals surface area contributed by atoms with Crippen molar-refractivity contribution in [3.63, 3.8) is 0 Å². The van der Waals surface area contributed by atoms with Gasteiger partial charge >= 0.3 is 0 Å². The summed E-state index contributed by atoms with van der Waals surface area (Å²) in [6, 6.07) is 18.6. The Kier molecular flexibility index (Phi) is 6.52. The molecule has 0 amide bonds. The fraction of sp³-hybridized carbons (Fsp3) is 0.217. The Labute approximate surface area is 176 Å². The maximum absolute atomic E-state index is 13.9. The molecule has 3 rings (SSSR count). The molecule has 3 aromatic carbocycles. The summed E-state index contributed by atoms with van der Waals surface area (Å²) < 4.78 is 49.8. The Morgan fingerprint density at radius 2 is 1.20 bits per heavy atom. The summed E-state index contributed by atoms with van der Waals surface area (Å²) in [5, 5.41) is -1.13. The molecule has 0 heterocycles.